The van der Waals surface area contributed by atoms with Crippen molar-refractivity contribution >= 4 is 13.8 Å². The third kappa shape index (κ3) is 3.44. The molecule has 1 aliphatic rings. The Morgan fingerprint density at radius 2 is 2.05 bits per heavy atom. The average molecular weight is 339 g/mol. The van der Waals surface area contributed by atoms with Gasteiger partial charge in [0.25, 0.3) is 0 Å². The molecule has 1 aromatic heterocycles. The molecule has 13 heteroatoms. The summed E-state index contributed by atoms with van der Waals surface area (Å²) in [5.74, 6) is -1.15. The van der Waals surface area contributed by atoms with Gasteiger partial charge in [0, 0.05) is 0 Å². The molecule has 1 aromatic rings. The lowest BCUT2D eigenvalue weighted by molar-refractivity contribution is -0.0518. The number of ether oxygens (including phenoxy) is 1. The van der Waals surface area contributed by atoms with Gasteiger partial charge in [-0.05, 0) is 0 Å². The topological polar surface area (TPSA) is 198 Å². The molecule has 0 spiro atoms. The molecule has 0 aromatic carbocycles. The van der Waals surface area contributed by atoms with Gasteiger partial charge in [0.2, 0.25) is 5.95 Å². The van der Waals surface area contributed by atoms with Crippen molar-refractivity contribution in [3.05, 3.63) is 16.6 Å². The van der Waals surface area contributed by atoms with Crippen LogP contribution in [0.3, 0.4) is 0 Å². The monoisotopic (exact) mass is 339 g/mol. The SMILES string of the molecule is Nc1nc(=O)c(O)cn1[C@@H]1O[C@H](COP(=O)(O)O)[C@@H](O)[C@H]1O. The zero-order valence-corrected chi connectivity index (χ0v) is 11.8. The first-order chi connectivity index (χ1) is 10.1. The molecule has 4 atom stereocenters. The second-order valence-corrected chi connectivity index (χ2v) is 5.77. The lowest BCUT2D eigenvalue weighted by Gasteiger charge is -2.19. The molecule has 0 unspecified atom stereocenters. The van der Waals surface area contributed by atoms with Crippen molar-refractivity contribution in [1.82, 2.24) is 9.55 Å². The molecule has 0 saturated carbocycles. The van der Waals surface area contributed by atoms with Crippen molar-refractivity contribution in [2.45, 2.75) is 24.5 Å². The minimum Gasteiger partial charge on any atom is -0.502 e. The highest BCUT2D eigenvalue weighted by atomic mass is 31.2. The van der Waals surface area contributed by atoms with Crippen molar-refractivity contribution in [2.75, 3.05) is 12.3 Å². The number of phosphoric ester groups is 1. The van der Waals surface area contributed by atoms with E-state index in [4.69, 9.17) is 20.3 Å². The Labute approximate surface area is 122 Å². The van der Waals surface area contributed by atoms with Crippen molar-refractivity contribution < 1.29 is 38.9 Å². The van der Waals surface area contributed by atoms with E-state index in [1.54, 1.807) is 0 Å². The molecular formula is C9H14N3O9P. The molecule has 0 amide bonds. The number of rotatable bonds is 4. The van der Waals surface area contributed by atoms with Crippen LogP contribution in [0.2, 0.25) is 0 Å². The molecule has 7 N–H and O–H groups in total. The Hall–Kier alpha value is -1.53. The van der Waals surface area contributed by atoms with Crippen molar-refractivity contribution in [3.8, 4) is 5.75 Å². The zero-order valence-electron chi connectivity index (χ0n) is 10.9. The quantitative estimate of drug-likeness (QED) is 0.311. The Morgan fingerprint density at radius 1 is 1.41 bits per heavy atom. The largest absolute Gasteiger partial charge is 0.502 e. The predicted molar refractivity (Wildman–Crippen MR) is 68.5 cm³/mol. The highest BCUT2D eigenvalue weighted by Gasteiger charge is 2.45. The number of nitrogens with two attached hydrogens (primary N) is 1. The maximum absolute atomic E-state index is 11.1. The van der Waals surface area contributed by atoms with Gasteiger partial charge in [-0.1, -0.05) is 0 Å². The molecule has 2 heterocycles. The first-order valence-corrected chi connectivity index (χ1v) is 7.42. The summed E-state index contributed by atoms with van der Waals surface area (Å²) in [6.07, 6.45) is -4.85. The van der Waals surface area contributed by atoms with Gasteiger partial charge in [-0.2, -0.15) is 4.98 Å². The molecule has 124 valence electrons. The van der Waals surface area contributed by atoms with Crippen LogP contribution in [0.25, 0.3) is 0 Å². The van der Waals surface area contributed by atoms with Crippen molar-refractivity contribution in [2.24, 2.45) is 0 Å². The highest BCUT2D eigenvalue weighted by molar-refractivity contribution is 7.46. The Bertz CT molecular complexity index is 658. The fraction of sp³-hybridized carbons (Fsp3) is 0.556. The summed E-state index contributed by atoms with van der Waals surface area (Å²) in [5, 5.41) is 29.0. The standard InChI is InChI=1S/C9H14N3O9P/c10-9-11-7(16)3(13)1-12(9)8-6(15)5(14)4(21-8)2-20-22(17,18)19/h1,4-6,8,13-15H,2H2,(H2,10,11,16)(H2,17,18,19)/t4-,5-,6-,8-/m1/s1. The molecule has 12 nitrogen and oxygen atoms in total. The number of anilines is 1. The minimum atomic E-state index is -4.78. The first-order valence-electron chi connectivity index (χ1n) is 5.89. The van der Waals surface area contributed by atoms with Crippen LogP contribution in [0.15, 0.2) is 11.0 Å². The fourth-order valence-corrected chi connectivity index (χ4v) is 2.28. The predicted octanol–water partition coefficient (Wildman–Crippen LogP) is -2.74. The summed E-state index contributed by atoms with van der Waals surface area (Å²) < 4.78 is 20.9. The second kappa shape index (κ2) is 5.93. The van der Waals surface area contributed by atoms with Gasteiger partial charge in [0.05, 0.1) is 12.8 Å². The van der Waals surface area contributed by atoms with Crippen LogP contribution in [-0.2, 0) is 13.8 Å². The van der Waals surface area contributed by atoms with E-state index in [-0.39, 0.29) is 0 Å². The van der Waals surface area contributed by atoms with Crippen LogP contribution in [0, 0.1) is 0 Å². The van der Waals surface area contributed by atoms with Crippen molar-refractivity contribution in [3.63, 3.8) is 0 Å². The van der Waals surface area contributed by atoms with E-state index in [2.05, 4.69) is 9.51 Å². The third-order valence-electron chi connectivity index (χ3n) is 2.98. The molecule has 0 aliphatic carbocycles. The summed E-state index contributed by atoms with van der Waals surface area (Å²) in [7, 11) is -4.78. The fourth-order valence-electron chi connectivity index (χ4n) is 1.94. The first kappa shape index (κ1) is 16.8. The number of aliphatic hydroxyl groups is 2. The minimum absolute atomic E-state index is 0.393. The maximum atomic E-state index is 11.1. The number of nitrogen functional groups attached to an aromatic ring is 1. The number of hydrogen-bond donors (Lipinski definition) is 6. The van der Waals surface area contributed by atoms with E-state index in [1.165, 1.54) is 0 Å². The van der Waals surface area contributed by atoms with E-state index >= 15 is 0 Å². The van der Waals surface area contributed by atoms with Crippen LogP contribution in [0.1, 0.15) is 6.23 Å². The Morgan fingerprint density at radius 3 is 2.64 bits per heavy atom. The number of nitrogens with zero attached hydrogens (tertiary/aromatic N) is 2. The molecule has 0 bridgehead atoms. The molecule has 22 heavy (non-hydrogen) atoms. The third-order valence-corrected chi connectivity index (χ3v) is 3.46. The van der Waals surface area contributed by atoms with Gasteiger partial charge in [0.1, 0.15) is 18.3 Å². The lowest BCUT2D eigenvalue weighted by atomic mass is 10.1. The summed E-state index contributed by atoms with van der Waals surface area (Å²) in [6, 6.07) is 0. The van der Waals surface area contributed by atoms with Gasteiger partial charge >= 0.3 is 13.4 Å². The number of aromatic nitrogens is 2. The second-order valence-electron chi connectivity index (χ2n) is 4.53. The van der Waals surface area contributed by atoms with Gasteiger partial charge < -0.3 is 35.6 Å². The molecule has 1 fully saturated rings. The molecular weight excluding hydrogens is 325 g/mol. The van der Waals surface area contributed by atoms with Gasteiger partial charge in [-0.15, -0.1) is 0 Å². The van der Waals surface area contributed by atoms with Crippen LogP contribution >= 0.6 is 7.82 Å². The zero-order chi connectivity index (χ0) is 16.7. The Balaban J connectivity index is 2.21. The van der Waals surface area contributed by atoms with Gasteiger partial charge in [-0.25, -0.2) is 4.57 Å². The van der Waals surface area contributed by atoms with E-state index in [0.717, 1.165) is 10.8 Å². The van der Waals surface area contributed by atoms with Crippen LogP contribution in [0.5, 0.6) is 5.75 Å². The van der Waals surface area contributed by atoms with E-state index in [0.29, 0.717) is 0 Å². The molecule has 1 aliphatic heterocycles. The highest BCUT2D eigenvalue weighted by Crippen LogP contribution is 2.38. The maximum Gasteiger partial charge on any atom is 0.469 e. The summed E-state index contributed by atoms with van der Waals surface area (Å²) in [5.41, 5.74) is 4.50. The smallest absolute Gasteiger partial charge is 0.469 e. The molecule has 0 radical (unpaired) electrons. The molecule has 2 rings (SSSR count). The summed E-state index contributed by atoms with van der Waals surface area (Å²) >= 11 is 0. The van der Waals surface area contributed by atoms with E-state index in [1.807, 2.05) is 0 Å². The van der Waals surface area contributed by atoms with Gasteiger partial charge in [0.15, 0.2) is 12.0 Å². The summed E-state index contributed by atoms with van der Waals surface area (Å²) in [4.78, 5) is 31.6. The number of aliphatic hydroxyl groups excluding tert-OH is 2. The number of hydrogen-bond acceptors (Lipinski definition) is 9. The van der Waals surface area contributed by atoms with Crippen LogP contribution < -0.4 is 11.3 Å². The van der Waals surface area contributed by atoms with E-state index < -0.39 is 56.2 Å². The number of aromatic hydroxyl groups is 1. The normalized spacial score (nSPS) is 28.9. The van der Waals surface area contributed by atoms with Crippen molar-refractivity contribution in [1.29, 1.82) is 0 Å². The lowest BCUT2D eigenvalue weighted by Crippen LogP contribution is -2.34. The number of phosphoric acid groups is 1. The average Bonchev–Trinajstić information content (AvgIpc) is 2.68. The Kier molecular flexibility index (Phi) is 4.54. The van der Waals surface area contributed by atoms with Gasteiger partial charge in [-0.3, -0.25) is 13.9 Å². The summed E-state index contributed by atoms with van der Waals surface area (Å²) in [6.45, 7) is -0.696. The van der Waals surface area contributed by atoms with Crippen LogP contribution in [-0.4, -0.2) is 59.6 Å². The molecule has 1 saturated heterocycles. The van der Waals surface area contributed by atoms with Crippen LogP contribution in [0.4, 0.5) is 5.95 Å². The van der Waals surface area contributed by atoms with E-state index in [9.17, 15) is 24.7 Å².